The van der Waals surface area contributed by atoms with Crippen molar-refractivity contribution in [3.05, 3.63) is 120 Å². The number of phosphoric acid groups is 1. The maximum absolute atomic E-state index is 13.4. The minimum atomic E-state index is -4.87. The molecule has 0 fully saturated rings. The molecule has 0 bridgehead atoms. The molecule has 0 N–H and O–H groups in total. The van der Waals surface area contributed by atoms with Crippen LogP contribution in [-0.2, 0) is 11.0 Å². The van der Waals surface area contributed by atoms with E-state index >= 15 is 0 Å². The molecule has 0 radical (unpaired) electrons. The van der Waals surface area contributed by atoms with Crippen LogP contribution in [0.25, 0.3) is 0 Å². The molecule has 9 heteroatoms. The number of para-hydroxylation sites is 1. The minimum absolute atomic E-state index is 0. The molecule has 0 saturated heterocycles. The van der Waals surface area contributed by atoms with Gasteiger partial charge in [-0.15, -0.1) is 0 Å². The molecule has 0 amide bonds. The zero-order valence-corrected chi connectivity index (χ0v) is 24.3. The monoisotopic (exact) mass is 540 g/mol. The van der Waals surface area contributed by atoms with Gasteiger partial charge in [-0.1, -0.05) is 78.9 Å². The maximum atomic E-state index is 13.4. The summed E-state index contributed by atoms with van der Waals surface area (Å²) < 4.78 is 33.6. The summed E-state index contributed by atoms with van der Waals surface area (Å²) in [5.41, 5.74) is 2.20. The fraction of sp³-hybridized carbons (Fsp3) is 0.138. The second kappa shape index (κ2) is 13.7. The molecule has 38 heavy (non-hydrogen) atoms. The first-order valence-corrected chi connectivity index (χ1v) is 13.0. The molecule has 7 nitrogen and oxygen atoms in total. The van der Waals surface area contributed by atoms with Crippen molar-refractivity contribution < 1.29 is 62.3 Å². The number of hydrogen-bond acceptors (Lipinski definition) is 7. The van der Waals surface area contributed by atoms with E-state index in [1.54, 1.807) is 42.5 Å². The van der Waals surface area contributed by atoms with Crippen LogP contribution in [0.4, 0.5) is 0 Å². The van der Waals surface area contributed by atoms with Crippen LogP contribution in [0.2, 0.25) is 0 Å². The van der Waals surface area contributed by atoms with E-state index in [2.05, 4.69) is 0 Å². The number of hydrogen-bond donors (Lipinski definition) is 0. The van der Waals surface area contributed by atoms with Gasteiger partial charge in [-0.05, 0) is 41.8 Å². The van der Waals surface area contributed by atoms with Crippen LogP contribution in [0.3, 0.4) is 0 Å². The fourth-order valence-corrected chi connectivity index (χ4v) is 4.80. The number of ether oxygens (including phenoxy) is 2. The topological polar surface area (TPSA) is 94.1 Å². The predicted molar refractivity (Wildman–Crippen MR) is 139 cm³/mol. The van der Waals surface area contributed by atoms with Gasteiger partial charge in [0.25, 0.3) is 0 Å². The fourth-order valence-electron chi connectivity index (χ4n) is 3.98. The average molecular weight is 540 g/mol. The third kappa shape index (κ3) is 7.50. The Kier molecular flexibility index (Phi) is 10.6. The number of carbonyl (C=O) groups excluding carboxylic acids is 1. The van der Waals surface area contributed by atoms with E-state index in [1.165, 1.54) is 20.3 Å². The molecule has 2 unspecified atom stereocenters. The van der Waals surface area contributed by atoms with Crippen LogP contribution in [0.5, 0.6) is 23.0 Å². The standard InChI is InChI=1S/C29H27O7P.Na/c1-33-26-17-10-18-27(34-2)29(26)36-37(31,32)35-24-16-9-11-21(19-24)20-25(22-12-5-3-6-13-22)28(30)23-14-7-4-8-15-23;/h3-19,25H,20H2,1-2H3,(H,31,32);/q;+1/p-1. The SMILES string of the molecule is COc1cccc(OC)c1OP(=O)([O-])Oc1cccc(CC(C(=O)c2ccccc2)c2ccccc2)c1.[Na+]. The molecule has 4 aromatic rings. The van der Waals surface area contributed by atoms with Gasteiger partial charge in [0.15, 0.2) is 17.3 Å². The Morgan fingerprint density at radius 2 is 1.37 bits per heavy atom. The third-order valence-electron chi connectivity index (χ3n) is 5.72. The van der Waals surface area contributed by atoms with Crippen LogP contribution in [0.15, 0.2) is 103 Å². The number of methoxy groups -OCH3 is 2. The third-order valence-corrected chi connectivity index (χ3v) is 6.56. The number of Topliss-reactive ketones (excluding diaryl/α,β-unsaturated/α-hetero) is 1. The van der Waals surface area contributed by atoms with Crippen molar-refractivity contribution in [3.8, 4) is 23.0 Å². The van der Waals surface area contributed by atoms with Crippen molar-refractivity contribution >= 4 is 13.6 Å². The second-order valence-electron chi connectivity index (χ2n) is 8.17. The van der Waals surface area contributed by atoms with Gasteiger partial charge < -0.3 is 23.4 Å². The summed E-state index contributed by atoms with van der Waals surface area (Å²) in [4.78, 5) is 26.2. The van der Waals surface area contributed by atoms with Crippen molar-refractivity contribution in [2.75, 3.05) is 14.2 Å². The van der Waals surface area contributed by atoms with Gasteiger partial charge >= 0.3 is 37.4 Å². The first-order valence-electron chi connectivity index (χ1n) is 11.5. The largest absolute Gasteiger partial charge is 1.00 e. The molecule has 190 valence electrons. The van der Waals surface area contributed by atoms with E-state index in [9.17, 15) is 14.3 Å². The van der Waals surface area contributed by atoms with E-state index in [0.717, 1.165) is 11.1 Å². The number of phosphoric ester groups is 1. The van der Waals surface area contributed by atoms with Gasteiger partial charge in [0, 0.05) is 5.56 Å². The molecule has 0 aliphatic rings. The molecule has 0 saturated carbocycles. The summed E-state index contributed by atoms with van der Waals surface area (Å²) in [6, 6.07) is 29.9. The van der Waals surface area contributed by atoms with Gasteiger partial charge in [0.2, 0.25) is 5.75 Å². The maximum Gasteiger partial charge on any atom is 1.00 e. The molecule has 2 atom stereocenters. The Morgan fingerprint density at radius 3 is 1.97 bits per heavy atom. The van der Waals surface area contributed by atoms with Crippen molar-refractivity contribution in [1.29, 1.82) is 0 Å². The van der Waals surface area contributed by atoms with Crippen LogP contribution in [-0.4, -0.2) is 20.0 Å². The molecule has 0 aromatic heterocycles. The smallest absolute Gasteiger partial charge is 0.736 e. The molecule has 0 aliphatic heterocycles. The Balaban J connectivity index is 0.00000400. The molecular formula is C29H26NaO7P. The van der Waals surface area contributed by atoms with Gasteiger partial charge in [-0.3, -0.25) is 4.79 Å². The van der Waals surface area contributed by atoms with Gasteiger partial charge in [-0.2, -0.15) is 0 Å². The average Bonchev–Trinajstić information content (AvgIpc) is 2.92. The first-order chi connectivity index (χ1) is 17.9. The van der Waals surface area contributed by atoms with E-state index in [1.807, 2.05) is 54.6 Å². The molecular weight excluding hydrogens is 514 g/mol. The summed E-state index contributed by atoms with van der Waals surface area (Å²) >= 11 is 0. The normalized spacial score (nSPS) is 12.8. The minimum Gasteiger partial charge on any atom is -0.736 e. The predicted octanol–water partition coefficient (Wildman–Crippen LogP) is 2.84. The summed E-state index contributed by atoms with van der Waals surface area (Å²) in [5, 5.41) is 0. The molecule has 4 rings (SSSR count). The Bertz CT molecular complexity index is 1370. The van der Waals surface area contributed by atoms with Crippen LogP contribution in [0.1, 0.15) is 27.4 Å². The molecule has 0 aliphatic carbocycles. The zero-order chi connectivity index (χ0) is 26.3. The second-order valence-corrected chi connectivity index (χ2v) is 9.43. The van der Waals surface area contributed by atoms with E-state index in [-0.39, 0.29) is 58.3 Å². The Labute approximate surface area is 244 Å². The van der Waals surface area contributed by atoms with Crippen LogP contribution in [0, 0.1) is 0 Å². The van der Waals surface area contributed by atoms with E-state index in [4.69, 9.17) is 18.5 Å². The first kappa shape index (κ1) is 29.5. The van der Waals surface area contributed by atoms with Gasteiger partial charge in [-0.25, -0.2) is 4.57 Å². The van der Waals surface area contributed by atoms with E-state index < -0.39 is 13.7 Å². The summed E-state index contributed by atoms with van der Waals surface area (Å²) in [7, 11) is -2.09. The van der Waals surface area contributed by atoms with Crippen LogP contribution >= 0.6 is 7.82 Å². The number of carbonyl (C=O) groups is 1. The van der Waals surface area contributed by atoms with Crippen molar-refractivity contribution in [3.63, 3.8) is 0 Å². The molecule has 0 heterocycles. The van der Waals surface area contributed by atoms with Crippen LogP contribution < -0.4 is 53.0 Å². The van der Waals surface area contributed by atoms with Crippen molar-refractivity contribution in [2.45, 2.75) is 12.3 Å². The van der Waals surface area contributed by atoms with E-state index in [0.29, 0.717) is 12.0 Å². The Morgan fingerprint density at radius 1 is 0.789 bits per heavy atom. The quantitative estimate of drug-likeness (QED) is 0.164. The summed E-state index contributed by atoms with van der Waals surface area (Å²) in [6.07, 6.45) is 0.347. The van der Waals surface area contributed by atoms with Crippen molar-refractivity contribution in [2.24, 2.45) is 0 Å². The Hall–Kier alpha value is -3.06. The van der Waals surface area contributed by atoms with Gasteiger partial charge in [0.05, 0.1) is 20.1 Å². The summed E-state index contributed by atoms with van der Waals surface area (Å²) in [6.45, 7) is 0. The van der Waals surface area contributed by atoms with Gasteiger partial charge in [0.1, 0.15) is 5.75 Å². The van der Waals surface area contributed by atoms with Crippen molar-refractivity contribution in [1.82, 2.24) is 0 Å². The molecule has 4 aromatic carbocycles. The zero-order valence-electron chi connectivity index (χ0n) is 21.4. The number of rotatable bonds is 11. The molecule has 0 spiro atoms. The number of benzene rings is 4. The summed E-state index contributed by atoms with van der Waals surface area (Å²) in [5.74, 6) is -0.190. The number of ketones is 1.